The number of hydrogen-bond donors (Lipinski definition) is 2. The molecule has 0 fully saturated rings. The van der Waals surface area contributed by atoms with E-state index in [0.717, 1.165) is 0 Å². The van der Waals surface area contributed by atoms with E-state index in [1.165, 1.54) is 16.3 Å². The normalized spacial score (nSPS) is 10.5. The fourth-order valence-corrected chi connectivity index (χ4v) is 2.09. The van der Waals surface area contributed by atoms with Gasteiger partial charge in [-0.05, 0) is 12.1 Å². The molecule has 1 aromatic heterocycles. The highest BCUT2D eigenvalue weighted by atomic mass is 32.2. The Labute approximate surface area is 108 Å². The molecule has 1 aromatic carbocycles. The Morgan fingerprint density at radius 2 is 2.28 bits per heavy atom. The van der Waals surface area contributed by atoms with Crippen LogP contribution in [0.25, 0.3) is 0 Å². The van der Waals surface area contributed by atoms with Crippen molar-refractivity contribution in [2.75, 3.05) is 18.1 Å². The fourth-order valence-electron chi connectivity index (χ4n) is 1.36. The van der Waals surface area contributed by atoms with E-state index in [0.29, 0.717) is 29.0 Å². The standard InChI is InChI=1S/C11H14N4O2S/c1-15-10(16)13-14-11(15)18-7-6-17-9-5-3-2-4-8(9)12/h2-5H,6-7,12H2,1H3,(H,13,16). The van der Waals surface area contributed by atoms with Crippen molar-refractivity contribution in [2.45, 2.75) is 5.16 Å². The summed E-state index contributed by atoms with van der Waals surface area (Å²) >= 11 is 1.45. The minimum absolute atomic E-state index is 0.217. The summed E-state index contributed by atoms with van der Waals surface area (Å²) in [5.41, 5.74) is 6.15. The molecule has 18 heavy (non-hydrogen) atoms. The number of nitrogens with two attached hydrogens (primary N) is 1. The van der Waals surface area contributed by atoms with Crippen LogP contribution in [0.2, 0.25) is 0 Å². The molecule has 0 saturated heterocycles. The molecule has 0 amide bonds. The summed E-state index contributed by atoms with van der Waals surface area (Å²) in [5.74, 6) is 1.36. The Morgan fingerprint density at radius 1 is 1.50 bits per heavy atom. The average Bonchev–Trinajstić information content (AvgIpc) is 2.68. The summed E-state index contributed by atoms with van der Waals surface area (Å²) in [7, 11) is 1.67. The summed E-state index contributed by atoms with van der Waals surface area (Å²) in [5, 5.41) is 6.91. The topological polar surface area (TPSA) is 85.9 Å². The van der Waals surface area contributed by atoms with Gasteiger partial charge >= 0.3 is 5.69 Å². The molecule has 0 saturated carbocycles. The van der Waals surface area contributed by atoms with E-state index in [1.807, 2.05) is 18.2 Å². The van der Waals surface area contributed by atoms with Crippen LogP contribution in [-0.2, 0) is 7.05 Å². The first-order valence-electron chi connectivity index (χ1n) is 5.40. The molecule has 1 heterocycles. The Balaban J connectivity index is 1.82. The first kappa shape index (κ1) is 12.6. The van der Waals surface area contributed by atoms with Crippen LogP contribution in [0.5, 0.6) is 5.75 Å². The molecule has 0 spiro atoms. The van der Waals surface area contributed by atoms with Crippen molar-refractivity contribution in [1.82, 2.24) is 14.8 Å². The molecule has 2 rings (SSSR count). The minimum Gasteiger partial charge on any atom is -0.491 e. The molecule has 2 aromatic rings. The lowest BCUT2D eigenvalue weighted by Crippen LogP contribution is -2.13. The van der Waals surface area contributed by atoms with Gasteiger partial charge in [0.25, 0.3) is 0 Å². The van der Waals surface area contributed by atoms with Gasteiger partial charge in [-0.1, -0.05) is 23.9 Å². The molecule has 0 unspecified atom stereocenters. The smallest absolute Gasteiger partial charge is 0.343 e. The highest BCUT2D eigenvalue weighted by molar-refractivity contribution is 7.99. The maximum Gasteiger partial charge on any atom is 0.343 e. The van der Waals surface area contributed by atoms with Crippen molar-refractivity contribution in [1.29, 1.82) is 0 Å². The molecule has 0 aliphatic rings. The molecule has 0 aliphatic carbocycles. The SMILES string of the molecule is Cn1c(SCCOc2ccccc2N)n[nH]c1=O. The third-order valence-corrected chi connectivity index (χ3v) is 3.32. The van der Waals surface area contributed by atoms with Crippen molar-refractivity contribution in [3.63, 3.8) is 0 Å². The molecule has 3 N–H and O–H groups in total. The molecular formula is C11H14N4O2S. The zero-order valence-electron chi connectivity index (χ0n) is 9.92. The zero-order valence-corrected chi connectivity index (χ0v) is 10.7. The summed E-state index contributed by atoms with van der Waals surface area (Å²) in [6, 6.07) is 7.34. The number of benzene rings is 1. The van der Waals surface area contributed by atoms with E-state index in [9.17, 15) is 4.79 Å². The molecule has 7 heteroatoms. The Kier molecular flexibility index (Phi) is 3.93. The Hall–Kier alpha value is -1.89. The van der Waals surface area contributed by atoms with E-state index in [1.54, 1.807) is 13.1 Å². The zero-order chi connectivity index (χ0) is 13.0. The van der Waals surface area contributed by atoms with Gasteiger partial charge in [0, 0.05) is 12.8 Å². The van der Waals surface area contributed by atoms with Gasteiger partial charge in [0.05, 0.1) is 12.3 Å². The number of anilines is 1. The summed E-state index contributed by atoms with van der Waals surface area (Å²) in [4.78, 5) is 11.1. The van der Waals surface area contributed by atoms with Crippen LogP contribution in [-0.4, -0.2) is 27.1 Å². The van der Waals surface area contributed by atoms with Crippen molar-refractivity contribution in [3.8, 4) is 5.75 Å². The number of hydrogen-bond acceptors (Lipinski definition) is 5. The number of nitrogens with one attached hydrogen (secondary N) is 1. The van der Waals surface area contributed by atoms with Crippen LogP contribution >= 0.6 is 11.8 Å². The van der Waals surface area contributed by atoms with Gasteiger partial charge in [-0.15, -0.1) is 5.10 Å². The van der Waals surface area contributed by atoms with Gasteiger partial charge < -0.3 is 10.5 Å². The van der Waals surface area contributed by atoms with E-state index < -0.39 is 0 Å². The maximum atomic E-state index is 11.1. The van der Waals surface area contributed by atoms with Gasteiger partial charge in [0.2, 0.25) is 0 Å². The van der Waals surface area contributed by atoms with Gasteiger partial charge in [-0.25, -0.2) is 9.89 Å². The number of nitrogen functional groups attached to an aromatic ring is 1. The first-order chi connectivity index (χ1) is 8.68. The first-order valence-corrected chi connectivity index (χ1v) is 6.38. The molecule has 96 valence electrons. The molecular weight excluding hydrogens is 252 g/mol. The fraction of sp³-hybridized carbons (Fsp3) is 0.273. The number of ether oxygens (including phenoxy) is 1. The lowest BCUT2D eigenvalue weighted by atomic mass is 10.3. The quantitative estimate of drug-likeness (QED) is 0.476. The second-order valence-corrected chi connectivity index (χ2v) is 4.67. The largest absolute Gasteiger partial charge is 0.491 e. The van der Waals surface area contributed by atoms with E-state index in [2.05, 4.69) is 10.2 Å². The number of nitrogens with zero attached hydrogens (tertiary/aromatic N) is 2. The highest BCUT2D eigenvalue weighted by Crippen LogP contribution is 2.20. The number of para-hydroxylation sites is 2. The lowest BCUT2D eigenvalue weighted by molar-refractivity contribution is 0.345. The molecule has 0 atom stereocenters. The van der Waals surface area contributed by atoms with E-state index in [4.69, 9.17) is 10.5 Å². The third kappa shape index (κ3) is 2.86. The van der Waals surface area contributed by atoms with E-state index >= 15 is 0 Å². The Bertz CT molecular complexity index is 578. The van der Waals surface area contributed by atoms with Crippen LogP contribution in [0, 0.1) is 0 Å². The predicted octanol–water partition coefficient (Wildman–Crippen LogP) is 0.862. The lowest BCUT2D eigenvalue weighted by Gasteiger charge is -2.07. The monoisotopic (exact) mass is 266 g/mol. The second kappa shape index (κ2) is 5.63. The van der Waals surface area contributed by atoms with Crippen molar-refractivity contribution in [3.05, 3.63) is 34.7 Å². The minimum atomic E-state index is -0.217. The van der Waals surface area contributed by atoms with Gasteiger partial charge in [0.15, 0.2) is 5.16 Å². The van der Waals surface area contributed by atoms with Crippen LogP contribution in [0.3, 0.4) is 0 Å². The van der Waals surface area contributed by atoms with E-state index in [-0.39, 0.29) is 5.69 Å². The number of aromatic amines is 1. The van der Waals surface area contributed by atoms with Crippen molar-refractivity contribution >= 4 is 17.4 Å². The summed E-state index contributed by atoms with van der Waals surface area (Å²) in [6.07, 6.45) is 0. The molecule has 6 nitrogen and oxygen atoms in total. The number of rotatable bonds is 5. The van der Waals surface area contributed by atoms with Crippen molar-refractivity contribution < 1.29 is 4.74 Å². The number of thioether (sulfide) groups is 1. The van der Waals surface area contributed by atoms with Crippen molar-refractivity contribution in [2.24, 2.45) is 7.05 Å². The highest BCUT2D eigenvalue weighted by Gasteiger charge is 2.04. The average molecular weight is 266 g/mol. The molecule has 0 aliphatic heterocycles. The van der Waals surface area contributed by atoms with Crippen LogP contribution in [0.1, 0.15) is 0 Å². The van der Waals surface area contributed by atoms with Crippen LogP contribution < -0.4 is 16.2 Å². The maximum absolute atomic E-state index is 11.1. The predicted molar refractivity (Wildman–Crippen MR) is 70.9 cm³/mol. The van der Waals surface area contributed by atoms with Crippen LogP contribution in [0.15, 0.2) is 34.2 Å². The summed E-state index contributed by atoms with van der Waals surface area (Å²) in [6.45, 7) is 0.500. The van der Waals surface area contributed by atoms with Gasteiger partial charge in [-0.3, -0.25) is 4.57 Å². The summed E-state index contributed by atoms with van der Waals surface area (Å²) < 4.78 is 6.99. The van der Waals surface area contributed by atoms with Gasteiger partial charge in [-0.2, -0.15) is 0 Å². The Morgan fingerprint density at radius 3 is 2.94 bits per heavy atom. The molecule has 0 bridgehead atoms. The molecule has 0 radical (unpaired) electrons. The second-order valence-electron chi connectivity index (χ2n) is 3.61. The number of H-pyrrole nitrogens is 1. The van der Waals surface area contributed by atoms with Gasteiger partial charge in [0.1, 0.15) is 5.75 Å². The van der Waals surface area contributed by atoms with Crippen LogP contribution in [0.4, 0.5) is 5.69 Å². The number of aromatic nitrogens is 3. The third-order valence-electron chi connectivity index (χ3n) is 2.33.